The van der Waals surface area contributed by atoms with E-state index >= 15 is 0 Å². The van der Waals surface area contributed by atoms with Crippen LogP contribution in [-0.4, -0.2) is 11.5 Å². The van der Waals surface area contributed by atoms with Gasteiger partial charge in [-0.3, -0.25) is 4.98 Å². The van der Waals surface area contributed by atoms with Gasteiger partial charge in [-0.25, -0.2) is 0 Å². The van der Waals surface area contributed by atoms with Crippen LogP contribution in [0.2, 0.25) is 10.0 Å². The van der Waals surface area contributed by atoms with Crippen molar-refractivity contribution in [2.45, 2.75) is 6.10 Å². The topological polar surface area (TPSA) is 48.1 Å². The number of pyridine rings is 1. The summed E-state index contributed by atoms with van der Waals surface area (Å²) in [5.74, 6) is 0.482. The van der Waals surface area contributed by atoms with Crippen molar-refractivity contribution in [1.82, 2.24) is 4.98 Å². The Bertz CT molecular complexity index is 566. The number of hydrogen-bond donors (Lipinski definition) is 1. The lowest BCUT2D eigenvalue weighted by Crippen LogP contribution is -2.19. The minimum atomic E-state index is -0.365. The quantitative estimate of drug-likeness (QED) is 0.829. The van der Waals surface area contributed by atoms with E-state index in [1.807, 2.05) is 18.2 Å². The maximum absolute atomic E-state index is 6.12. The highest BCUT2D eigenvalue weighted by Gasteiger charge is 2.15. The number of rotatable bonds is 4. The summed E-state index contributed by atoms with van der Waals surface area (Å²) in [4.78, 5) is 4.23. The zero-order valence-electron chi connectivity index (χ0n) is 9.82. The van der Waals surface area contributed by atoms with Crippen LogP contribution in [0.4, 0.5) is 0 Å². The minimum absolute atomic E-state index is 0.293. The molecule has 1 aromatic heterocycles. The molecule has 2 N–H and O–H groups in total. The molecule has 1 unspecified atom stereocenters. The minimum Gasteiger partial charge on any atom is -0.481 e. The van der Waals surface area contributed by atoms with Crippen LogP contribution in [0.5, 0.6) is 5.75 Å². The molecule has 0 saturated carbocycles. The summed E-state index contributed by atoms with van der Waals surface area (Å²) in [7, 11) is 0. The third kappa shape index (κ3) is 3.60. The molecule has 2 aromatic rings. The van der Waals surface area contributed by atoms with Gasteiger partial charge in [0.15, 0.2) is 6.10 Å². The largest absolute Gasteiger partial charge is 0.481 e. The first-order valence-corrected chi connectivity index (χ1v) is 7.09. The van der Waals surface area contributed by atoms with Gasteiger partial charge >= 0.3 is 0 Å². The van der Waals surface area contributed by atoms with Gasteiger partial charge < -0.3 is 10.5 Å². The van der Waals surface area contributed by atoms with Crippen LogP contribution < -0.4 is 10.5 Å². The summed E-state index contributed by atoms with van der Waals surface area (Å²) in [6.07, 6.45) is 1.33. The molecule has 0 aliphatic heterocycles. The third-order valence-electron chi connectivity index (χ3n) is 2.48. The van der Waals surface area contributed by atoms with Gasteiger partial charge in [0.1, 0.15) is 5.75 Å². The van der Waals surface area contributed by atoms with Gasteiger partial charge in [-0.2, -0.15) is 0 Å². The molecule has 2 rings (SSSR count). The van der Waals surface area contributed by atoms with Crippen molar-refractivity contribution in [3.05, 3.63) is 56.7 Å². The average Bonchev–Trinajstić information content (AvgIpc) is 2.42. The Morgan fingerprint density at radius 3 is 2.68 bits per heavy atom. The fraction of sp³-hybridized carbons (Fsp3) is 0.154. The Morgan fingerprint density at radius 2 is 2.05 bits per heavy atom. The van der Waals surface area contributed by atoms with Gasteiger partial charge in [-0.05, 0) is 34.1 Å². The predicted molar refractivity (Wildman–Crippen MR) is 80.8 cm³/mol. The fourth-order valence-corrected chi connectivity index (χ4v) is 2.38. The van der Waals surface area contributed by atoms with E-state index in [1.54, 1.807) is 18.3 Å². The van der Waals surface area contributed by atoms with Crippen molar-refractivity contribution in [2.24, 2.45) is 5.73 Å². The predicted octanol–water partition coefficient (Wildman–Crippen LogP) is 4.23. The Balaban J connectivity index is 2.26. The van der Waals surface area contributed by atoms with Gasteiger partial charge in [0, 0.05) is 23.3 Å². The highest BCUT2D eigenvalue weighted by molar-refractivity contribution is 9.10. The van der Waals surface area contributed by atoms with E-state index in [0.717, 1.165) is 5.69 Å². The fourth-order valence-electron chi connectivity index (χ4n) is 1.54. The number of hydrogen-bond acceptors (Lipinski definition) is 3. The first kappa shape index (κ1) is 14.6. The van der Waals surface area contributed by atoms with E-state index in [4.69, 9.17) is 33.7 Å². The van der Waals surface area contributed by atoms with Gasteiger partial charge in [-0.15, -0.1) is 0 Å². The second kappa shape index (κ2) is 6.57. The summed E-state index contributed by atoms with van der Waals surface area (Å²) in [6, 6.07) is 8.90. The molecular formula is C13H11BrCl2N2O. The molecule has 3 nitrogen and oxygen atoms in total. The second-order valence-corrected chi connectivity index (χ2v) is 5.46. The molecule has 0 aliphatic rings. The summed E-state index contributed by atoms with van der Waals surface area (Å²) in [6.45, 7) is 0.293. The van der Waals surface area contributed by atoms with Crippen molar-refractivity contribution in [1.29, 1.82) is 0 Å². The number of aromatic nitrogens is 1. The molecule has 0 saturated heterocycles. The zero-order valence-corrected chi connectivity index (χ0v) is 12.9. The van der Waals surface area contributed by atoms with Crippen LogP contribution in [0.1, 0.15) is 11.8 Å². The molecule has 100 valence electrons. The Labute approximate surface area is 129 Å². The molecule has 1 aromatic carbocycles. The van der Waals surface area contributed by atoms with E-state index in [2.05, 4.69) is 20.9 Å². The van der Waals surface area contributed by atoms with Gasteiger partial charge in [-0.1, -0.05) is 29.3 Å². The molecule has 0 aliphatic carbocycles. The Kier molecular flexibility index (Phi) is 5.05. The molecule has 0 fully saturated rings. The van der Waals surface area contributed by atoms with Crippen molar-refractivity contribution >= 4 is 39.1 Å². The van der Waals surface area contributed by atoms with Crippen LogP contribution in [-0.2, 0) is 0 Å². The van der Waals surface area contributed by atoms with Gasteiger partial charge in [0.05, 0.1) is 15.7 Å². The molecule has 1 atom stereocenters. The Morgan fingerprint density at radius 1 is 1.26 bits per heavy atom. The molecular weight excluding hydrogens is 351 g/mol. The van der Waals surface area contributed by atoms with Crippen molar-refractivity contribution < 1.29 is 4.74 Å². The van der Waals surface area contributed by atoms with E-state index in [0.29, 0.717) is 26.8 Å². The number of ether oxygens (including phenoxy) is 1. The molecule has 0 spiro atoms. The number of benzene rings is 1. The number of nitrogens with zero attached hydrogens (tertiary/aromatic N) is 1. The molecule has 6 heteroatoms. The van der Waals surface area contributed by atoms with Crippen molar-refractivity contribution in [2.75, 3.05) is 6.54 Å². The highest BCUT2D eigenvalue weighted by Crippen LogP contribution is 2.35. The lowest BCUT2D eigenvalue weighted by atomic mass is 10.2. The van der Waals surface area contributed by atoms with Crippen LogP contribution in [0, 0.1) is 0 Å². The zero-order chi connectivity index (χ0) is 13.8. The SMILES string of the molecule is NCC(Oc1cc(Cl)c(Br)cc1Cl)c1ccccn1. The Hall–Kier alpha value is -0.810. The van der Waals surface area contributed by atoms with Crippen LogP contribution in [0.25, 0.3) is 0 Å². The summed E-state index contributed by atoms with van der Waals surface area (Å²) >= 11 is 15.4. The number of nitrogens with two attached hydrogens (primary N) is 1. The molecule has 1 heterocycles. The van der Waals surface area contributed by atoms with E-state index in [9.17, 15) is 0 Å². The maximum atomic E-state index is 6.12. The van der Waals surface area contributed by atoms with Crippen LogP contribution in [0.3, 0.4) is 0 Å². The summed E-state index contributed by atoms with van der Waals surface area (Å²) in [5, 5.41) is 0.988. The highest BCUT2D eigenvalue weighted by atomic mass is 79.9. The smallest absolute Gasteiger partial charge is 0.153 e. The molecule has 0 amide bonds. The van der Waals surface area contributed by atoms with Gasteiger partial charge in [0.25, 0.3) is 0 Å². The normalized spacial score (nSPS) is 12.2. The molecule has 19 heavy (non-hydrogen) atoms. The maximum Gasteiger partial charge on any atom is 0.153 e. The standard InChI is InChI=1S/C13H11BrCl2N2O/c14-8-5-10(16)12(6-9(8)15)19-13(7-17)11-3-1-2-4-18-11/h1-6,13H,7,17H2. The van der Waals surface area contributed by atoms with Crippen LogP contribution >= 0.6 is 39.1 Å². The van der Waals surface area contributed by atoms with Crippen LogP contribution in [0.15, 0.2) is 41.0 Å². The van der Waals surface area contributed by atoms with E-state index in [1.165, 1.54) is 0 Å². The molecule has 0 bridgehead atoms. The average molecular weight is 362 g/mol. The number of halogens is 3. The summed E-state index contributed by atoms with van der Waals surface area (Å²) in [5.41, 5.74) is 6.47. The first-order chi connectivity index (χ1) is 9.11. The lowest BCUT2D eigenvalue weighted by molar-refractivity contribution is 0.209. The monoisotopic (exact) mass is 360 g/mol. The van der Waals surface area contributed by atoms with Gasteiger partial charge in [0.2, 0.25) is 0 Å². The lowest BCUT2D eigenvalue weighted by Gasteiger charge is -2.18. The van der Waals surface area contributed by atoms with E-state index in [-0.39, 0.29) is 6.10 Å². The van der Waals surface area contributed by atoms with Crippen molar-refractivity contribution in [3.63, 3.8) is 0 Å². The third-order valence-corrected chi connectivity index (χ3v) is 3.97. The first-order valence-electron chi connectivity index (χ1n) is 5.54. The second-order valence-electron chi connectivity index (χ2n) is 3.79. The van der Waals surface area contributed by atoms with Crippen molar-refractivity contribution in [3.8, 4) is 5.75 Å². The molecule has 0 radical (unpaired) electrons. The summed E-state index contributed by atoms with van der Waals surface area (Å²) < 4.78 is 6.51. The van der Waals surface area contributed by atoms with E-state index < -0.39 is 0 Å².